The number of carbonyl (C=O) groups excluding carboxylic acids is 1. The van der Waals surface area contributed by atoms with Crippen LogP contribution in [0.2, 0.25) is 0 Å². The highest BCUT2D eigenvalue weighted by molar-refractivity contribution is 5.82. The zero-order valence-electron chi connectivity index (χ0n) is 14.1. The van der Waals surface area contributed by atoms with Crippen LogP contribution >= 0.6 is 0 Å². The highest BCUT2D eigenvalue weighted by atomic mass is 16.2. The van der Waals surface area contributed by atoms with Gasteiger partial charge in [-0.15, -0.1) is 0 Å². The molecule has 1 saturated heterocycles. The van der Waals surface area contributed by atoms with Crippen molar-refractivity contribution >= 4 is 5.91 Å². The third-order valence-electron chi connectivity index (χ3n) is 4.51. The van der Waals surface area contributed by atoms with Crippen molar-refractivity contribution in [1.29, 1.82) is 0 Å². The lowest BCUT2D eigenvalue weighted by Gasteiger charge is -2.32. The molecule has 2 fully saturated rings. The zero-order chi connectivity index (χ0) is 17.1. The van der Waals surface area contributed by atoms with Gasteiger partial charge in [-0.1, -0.05) is 6.07 Å². The van der Waals surface area contributed by atoms with Crippen LogP contribution in [-0.2, 0) is 11.3 Å². The summed E-state index contributed by atoms with van der Waals surface area (Å²) in [6.45, 7) is 3.18. The van der Waals surface area contributed by atoms with E-state index < -0.39 is 0 Å². The summed E-state index contributed by atoms with van der Waals surface area (Å²) in [5.74, 6) is 0.750. The Labute approximate surface area is 146 Å². The maximum absolute atomic E-state index is 12.2. The van der Waals surface area contributed by atoms with E-state index in [0.29, 0.717) is 18.4 Å². The van der Waals surface area contributed by atoms with E-state index in [4.69, 9.17) is 0 Å². The van der Waals surface area contributed by atoms with Gasteiger partial charge in [0, 0.05) is 56.4 Å². The number of piperazine rings is 1. The average molecular weight is 338 g/mol. The second kappa shape index (κ2) is 7.25. The Morgan fingerprint density at radius 1 is 1.24 bits per heavy atom. The summed E-state index contributed by atoms with van der Waals surface area (Å²) in [5.41, 5.74) is 1.82. The van der Waals surface area contributed by atoms with E-state index in [2.05, 4.69) is 30.5 Å². The summed E-state index contributed by atoms with van der Waals surface area (Å²) in [6.07, 6.45) is 7.65. The normalized spacial score (nSPS) is 21.0. The topological polar surface area (TPSA) is 83.0 Å². The van der Waals surface area contributed by atoms with Crippen molar-refractivity contribution in [2.45, 2.75) is 31.5 Å². The van der Waals surface area contributed by atoms with E-state index in [1.54, 1.807) is 6.20 Å². The second-order valence-electron chi connectivity index (χ2n) is 6.65. The maximum Gasteiger partial charge on any atom is 0.238 e. The molecule has 25 heavy (non-hydrogen) atoms. The summed E-state index contributed by atoms with van der Waals surface area (Å²) < 4.78 is 0. The highest BCUT2D eigenvalue weighted by Crippen LogP contribution is 2.19. The molecule has 1 aliphatic heterocycles. The van der Waals surface area contributed by atoms with E-state index in [1.807, 2.05) is 30.6 Å². The molecule has 4 rings (SSSR count). The summed E-state index contributed by atoms with van der Waals surface area (Å²) in [7, 11) is 0. The van der Waals surface area contributed by atoms with E-state index in [1.165, 1.54) is 0 Å². The minimum atomic E-state index is -0.136. The molecule has 1 aliphatic carbocycles. The fourth-order valence-corrected chi connectivity index (χ4v) is 2.98. The number of nitrogens with zero attached hydrogens (tertiary/aromatic N) is 4. The minimum absolute atomic E-state index is 0.119. The predicted octanol–water partition coefficient (Wildman–Crippen LogP) is 0.591. The molecular weight excluding hydrogens is 316 g/mol. The molecule has 7 nitrogen and oxygen atoms in total. The van der Waals surface area contributed by atoms with Crippen molar-refractivity contribution in [2.24, 2.45) is 0 Å². The SMILES string of the molecule is O=C(NC1CC1)[C@H]1CN(Cc2cnc(-c3ccccn3)nc2)CCN1. The van der Waals surface area contributed by atoms with E-state index in [-0.39, 0.29) is 11.9 Å². The Kier molecular flexibility index (Phi) is 4.67. The van der Waals surface area contributed by atoms with Gasteiger partial charge in [-0.3, -0.25) is 14.7 Å². The van der Waals surface area contributed by atoms with E-state index >= 15 is 0 Å². The first-order valence-electron chi connectivity index (χ1n) is 8.76. The average Bonchev–Trinajstić information content (AvgIpc) is 3.47. The van der Waals surface area contributed by atoms with Crippen LogP contribution in [0.15, 0.2) is 36.8 Å². The molecule has 0 aromatic carbocycles. The summed E-state index contributed by atoms with van der Waals surface area (Å²) in [6, 6.07) is 5.96. The van der Waals surface area contributed by atoms with Crippen molar-refractivity contribution in [3.8, 4) is 11.5 Å². The lowest BCUT2D eigenvalue weighted by atomic mass is 10.1. The lowest BCUT2D eigenvalue weighted by molar-refractivity contribution is -0.124. The second-order valence-corrected chi connectivity index (χ2v) is 6.65. The quantitative estimate of drug-likeness (QED) is 0.830. The number of aromatic nitrogens is 3. The number of hydrogen-bond acceptors (Lipinski definition) is 6. The molecule has 0 unspecified atom stereocenters. The molecule has 2 aromatic heterocycles. The molecule has 0 bridgehead atoms. The molecular formula is C18H22N6O. The van der Waals surface area contributed by atoms with Crippen molar-refractivity contribution in [3.05, 3.63) is 42.4 Å². The van der Waals surface area contributed by atoms with Gasteiger partial charge in [0.25, 0.3) is 0 Å². The summed E-state index contributed by atoms with van der Waals surface area (Å²) >= 11 is 0. The Balaban J connectivity index is 1.35. The van der Waals surface area contributed by atoms with Gasteiger partial charge in [-0.2, -0.15) is 0 Å². The van der Waals surface area contributed by atoms with Gasteiger partial charge in [0.15, 0.2) is 5.82 Å². The van der Waals surface area contributed by atoms with Crippen molar-refractivity contribution < 1.29 is 4.79 Å². The van der Waals surface area contributed by atoms with Gasteiger partial charge >= 0.3 is 0 Å². The Hall–Kier alpha value is -2.38. The Morgan fingerprint density at radius 2 is 2.08 bits per heavy atom. The first kappa shape index (κ1) is 16.1. The van der Waals surface area contributed by atoms with Gasteiger partial charge in [-0.05, 0) is 25.0 Å². The fraction of sp³-hybridized carbons (Fsp3) is 0.444. The van der Waals surface area contributed by atoms with E-state index in [9.17, 15) is 4.79 Å². The molecule has 1 saturated carbocycles. The van der Waals surface area contributed by atoms with Crippen molar-refractivity contribution in [3.63, 3.8) is 0 Å². The van der Waals surface area contributed by atoms with Gasteiger partial charge in [0.1, 0.15) is 5.69 Å². The van der Waals surface area contributed by atoms with Crippen molar-refractivity contribution in [1.82, 2.24) is 30.5 Å². The highest BCUT2D eigenvalue weighted by Gasteiger charge is 2.30. The van der Waals surface area contributed by atoms with Gasteiger partial charge in [0.2, 0.25) is 5.91 Å². The lowest BCUT2D eigenvalue weighted by Crippen LogP contribution is -2.57. The molecule has 130 valence electrons. The number of rotatable bonds is 5. The zero-order valence-corrected chi connectivity index (χ0v) is 14.1. The summed E-state index contributed by atoms with van der Waals surface area (Å²) in [5, 5.41) is 6.38. The number of carbonyl (C=O) groups is 1. The van der Waals surface area contributed by atoms with Crippen LogP contribution in [0, 0.1) is 0 Å². The van der Waals surface area contributed by atoms with Gasteiger partial charge in [-0.25, -0.2) is 9.97 Å². The van der Waals surface area contributed by atoms with Crippen LogP contribution < -0.4 is 10.6 Å². The largest absolute Gasteiger partial charge is 0.352 e. The Bertz CT molecular complexity index is 716. The molecule has 1 atom stereocenters. The van der Waals surface area contributed by atoms with Crippen LogP contribution in [0.25, 0.3) is 11.5 Å². The molecule has 3 heterocycles. The number of nitrogens with one attached hydrogen (secondary N) is 2. The fourth-order valence-electron chi connectivity index (χ4n) is 2.98. The standard InChI is InChI=1S/C18H22N6O/c25-18(23-14-4-5-14)16-12-24(8-7-20-16)11-13-9-21-17(22-10-13)15-3-1-2-6-19-15/h1-3,6,9-10,14,16,20H,4-5,7-8,11-12H2,(H,23,25)/t16-/m1/s1. The number of hydrogen-bond donors (Lipinski definition) is 2. The third kappa shape index (κ3) is 4.18. The van der Waals surface area contributed by atoms with Crippen LogP contribution in [0.3, 0.4) is 0 Å². The minimum Gasteiger partial charge on any atom is -0.352 e. The molecule has 2 aliphatic rings. The third-order valence-corrected chi connectivity index (χ3v) is 4.51. The first-order chi connectivity index (χ1) is 12.3. The predicted molar refractivity (Wildman–Crippen MR) is 93.5 cm³/mol. The first-order valence-corrected chi connectivity index (χ1v) is 8.76. The summed E-state index contributed by atoms with van der Waals surface area (Å²) in [4.78, 5) is 27.6. The smallest absolute Gasteiger partial charge is 0.238 e. The Morgan fingerprint density at radius 3 is 2.80 bits per heavy atom. The van der Waals surface area contributed by atoms with Crippen LogP contribution in [0.5, 0.6) is 0 Å². The number of amides is 1. The molecule has 2 aromatic rings. The van der Waals surface area contributed by atoms with Gasteiger partial charge in [0.05, 0.1) is 6.04 Å². The van der Waals surface area contributed by atoms with Crippen LogP contribution in [-0.4, -0.2) is 57.5 Å². The molecule has 1 amide bonds. The molecule has 0 spiro atoms. The van der Waals surface area contributed by atoms with Gasteiger partial charge < -0.3 is 10.6 Å². The number of pyridine rings is 1. The van der Waals surface area contributed by atoms with E-state index in [0.717, 1.165) is 43.7 Å². The molecule has 2 N–H and O–H groups in total. The van der Waals surface area contributed by atoms with Crippen molar-refractivity contribution in [2.75, 3.05) is 19.6 Å². The maximum atomic E-state index is 12.2. The van der Waals surface area contributed by atoms with Crippen LogP contribution in [0.1, 0.15) is 18.4 Å². The monoisotopic (exact) mass is 338 g/mol. The van der Waals surface area contributed by atoms with Crippen LogP contribution in [0.4, 0.5) is 0 Å². The molecule has 7 heteroatoms. The molecule has 0 radical (unpaired) electrons.